The smallest absolute Gasteiger partial charge is 0.207 e. The van der Waals surface area contributed by atoms with Gasteiger partial charge in [-0.3, -0.25) is 0 Å². The SMILES string of the molecule is O[C@@H](COc1cccc2ccccc12)Cn1nc(N2CCOCC2)sc1=S. The maximum absolute atomic E-state index is 10.4. The Morgan fingerprint density at radius 2 is 1.96 bits per heavy atom. The van der Waals surface area contributed by atoms with E-state index in [0.29, 0.717) is 23.7 Å². The van der Waals surface area contributed by atoms with Crippen molar-refractivity contribution in [1.82, 2.24) is 9.78 Å². The number of hydrogen-bond acceptors (Lipinski definition) is 7. The van der Waals surface area contributed by atoms with Crippen LogP contribution in [0.2, 0.25) is 0 Å². The number of morpholine rings is 1. The molecular weight excluding hydrogens is 382 g/mol. The molecule has 142 valence electrons. The highest BCUT2D eigenvalue weighted by Crippen LogP contribution is 2.25. The molecule has 1 atom stereocenters. The van der Waals surface area contributed by atoms with Crippen LogP contribution in [0.5, 0.6) is 5.75 Å². The predicted octanol–water partition coefficient (Wildman–Crippen LogP) is 3.10. The van der Waals surface area contributed by atoms with Gasteiger partial charge >= 0.3 is 0 Å². The van der Waals surface area contributed by atoms with Crippen LogP contribution in [0, 0.1) is 3.95 Å². The molecule has 3 aromatic rings. The van der Waals surface area contributed by atoms with E-state index in [1.165, 1.54) is 11.3 Å². The molecule has 0 amide bonds. The molecule has 8 heteroatoms. The van der Waals surface area contributed by atoms with Gasteiger partial charge in [0.2, 0.25) is 5.13 Å². The summed E-state index contributed by atoms with van der Waals surface area (Å²) >= 11 is 6.87. The first-order valence-electron chi connectivity index (χ1n) is 8.90. The van der Waals surface area contributed by atoms with E-state index in [1.807, 2.05) is 42.5 Å². The molecule has 2 heterocycles. The van der Waals surface area contributed by atoms with E-state index in [1.54, 1.807) is 4.68 Å². The summed E-state index contributed by atoms with van der Waals surface area (Å²) in [5.41, 5.74) is 0. The molecule has 0 unspecified atom stereocenters. The predicted molar refractivity (Wildman–Crippen MR) is 109 cm³/mol. The average Bonchev–Trinajstić information content (AvgIpc) is 3.07. The molecule has 0 radical (unpaired) electrons. The number of benzene rings is 2. The van der Waals surface area contributed by atoms with E-state index in [4.69, 9.17) is 21.7 Å². The van der Waals surface area contributed by atoms with Crippen LogP contribution in [0.3, 0.4) is 0 Å². The van der Waals surface area contributed by atoms with Crippen molar-refractivity contribution in [3.05, 3.63) is 46.4 Å². The fourth-order valence-electron chi connectivity index (χ4n) is 3.05. The van der Waals surface area contributed by atoms with Gasteiger partial charge in [0.1, 0.15) is 18.5 Å². The second-order valence-corrected chi connectivity index (χ2v) is 7.98. The van der Waals surface area contributed by atoms with Gasteiger partial charge in [-0.15, -0.1) is 5.10 Å². The highest BCUT2D eigenvalue weighted by Gasteiger charge is 2.17. The average molecular weight is 404 g/mol. The number of ether oxygens (including phenoxy) is 2. The lowest BCUT2D eigenvalue weighted by Crippen LogP contribution is -2.36. The van der Waals surface area contributed by atoms with E-state index in [0.717, 1.165) is 34.7 Å². The van der Waals surface area contributed by atoms with Crippen molar-refractivity contribution in [3.8, 4) is 5.75 Å². The molecule has 1 fully saturated rings. The Bertz CT molecular complexity index is 961. The van der Waals surface area contributed by atoms with Gasteiger partial charge in [0.15, 0.2) is 3.95 Å². The normalized spacial score (nSPS) is 15.8. The third-order valence-corrected chi connectivity index (χ3v) is 5.81. The van der Waals surface area contributed by atoms with E-state index in [2.05, 4.69) is 10.00 Å². The summed E-state index contributed by atoms with van der Waals surface area (Å²) in [7, 11) is 0. The van der Waals surface area contributed by atoms with Crippen molar-refractivity contribution in [2.75, 3.05) is 37.8 Å². The second kappa shape index (κ2) is 8.35. The third-order valence-electron chi connectivity index (χ3n) is 4.44. The van der Waals surface area contributed by atoms with Crippen LogP contribution in [-0.2, 0) is 11.3 Å². The van der Waals surface area contributed by atoms with Crippen LogP contribution in [0.1, 0.15) is 0 Å². The van der Waals surface area contributed by atoms with Crippen LogP contribution in [0.25, 0.3) is 10.8 Å². The first kappa shape index (κ1) is 18.4. The van der Waals surface area contributed by atoms with Crippen molar-refractivity contribution in [2.45, 2.75) is 12.6 Å². The van der Waals surface area contributed by atoms with Crippen LogP contribution in [0.4, 0.5) is 5.13 Å². The number of rotatable bonds is 6. The summed E-state index contributed by atoms with van der Waals surface area (Å²) in [6.07, 6.45) is -0.699. The van der Waals surface area contributed by atoms with Gasteiger partial charge in [-0.2, -0.15) is 0 Å². The first-order chi connectivity index (χ1) is 13.2. The van der Waals surface area contributed by atoms with Crippen molar-refractivity contribution >= 4 is 39.5 Å². The number of aliphatic hydroxyl groups excluding tert-OH is 1. The van der Waals surface area contributed by atoms with E-state index < -0.39 is 6.10 Å². The third kappa shape index (κ3) is 4.30. The Morgan fingerprint density at radius 3 is 2.81 bits per heavy atom. The molecule has 1 N–H and O–H groups in total. The minimum Gasteiger partial charge on any atom is -0.490 e. The molecular formula is C19H21N3O3S2. The summed E-state index contributed by atoms with van der Waals surface area (Å²) in [4.78, 5) is 2.17. The standard InChI is InChI=1S/C19H21N3O3S2/c23-15(13-25-17-7-3-5-14-4-1-2-6-16(14)17)12-22-19(26)27-18(20-22)21-8-10-24-11-9-21/h1-7,15,23H,8-13H2/t15-/m1/s1. The molecule has 0 aliphatic carbocycles. The molecule has 27 heavy (non-hydrogen) atoms. The molecule has 4 rings (SSSR count). The summed E-state index contributed by atoms with van der Waals surface area (Å²) in [5.74, 6) is 0.767. The van der Waals surface area contributed by atoms with Crippen molar-refractivity contribution < 1.29 is 14.6 Å². The molecule has 0 bridgehead atoms. The summed E-state index contributed by atoms with van der Waals surface area (Å²) in [6, 6.07) is 13.9. The summed E-state index contributed by atoms with van der Waals surface area (Å²) in [5, 5.41) is 18.0. The lowest BCUT2D eigenvalue weighted by Gasteiger charge is -2.25. The first-order valence-corrected chi connectivity index (χ1v) is 10.1. The summed E-state index contributed by atoms with van der Waals surface area (Å²) < 4.78 is 13.6. The highest BCUT2D eigenvalue weighted by atomic mass is 32.1. The number of anilines is 1. The topological polar surface area (TPSA) is 59.8 Å². The zero-order valence-corrected chi connectivity index (χ0v) is 16.4. The Labute approximate surface area is 166 Å². The van der Waals surface area contributed by atoms with Crippen molar-refractivity contribution in [3.63, 3.8) is 0 Å². The maximum Gasteiger partial charge on any atom is 0.207 e. The van der Waals surface area contributed by atoms with Crippen LogP contribution < -0.4 is 9.64 Å². The largest absolute Gasteiger partial charge is 0.490 e. The zero-order valence-electron chi connectivity index (χ0n) is 14.8. The number of aliphatic hydroxyl groups is 1. The van der Waals surface area contributed by atoms with E-state index in [-0.39, 0.29) is 6.61 Å². The number of hydrogen-bond donors (Lipinski definition) is 1. The molecule has 1 aliphatic rings. The quantitative estimate of drug-likeness (QED) is 0.638. The van der Waals surface area contributed by atoms with Crippen LogP contribution >= 0.6 is 23.6 Å². The van der Waals surface area contributed by atoms with Crippen LogP contribution in [-0.4, -0.2) is 53.9 Å². The van der Waals surface area contributed by atoms with Gasteiger partial charge in [0, 0.05) is 18.5 Å². The van der Waals surface area contributed by atoms with Gasteiger partial charge in [0.05, 0.1) is 19.8 Å². The molecule has 6 nitrogen and oxygen atoms in total. The molecule has 1 aliphatic heterocycles. The molecule has 1 saturated heterocycles. The Kier molecular flexibility index (Phi) is 5.68. The lowest BCUT2D eigenvalue weighted by atomic mass is 10.1. The van der Waals surface area contributed by atoms with Gasteiger partial charge in [-0.05, 0) is 23.7 Å². The number of fused-ring (bicyclic) bond motifs is 1. The summed E-state index contributed by atoms with van der Waals surface area (Å²) in [6.45, 7) is 3.52. The lowest BCUT2D eigenvalue weighted by molar-refractivity contribution is 0.0897. The maximum atomic E-state index is 10.4. The number of aromatic nitrogens is 2. The molecule has 0 saturated carbocycles. The molecule has 0 spiro atoms. The number of nitrogens with zero attached hydrogens (tertiary/aromatic N) is 3. The van der Waals surface area contributed by atoms with Crippen molar-refractivity contribution in [2.24, 2.45) is 0 Å². The van der Waals surface area contributed by atoms with Gasteiger partial charge in [0.25, 0.3) is 0 Å². The Morgan fingerprint density at radius 1 is 1.19 bits per heavy atom. The fraction of sp³-hybridized carbons (Fsp3) is 0.368. The van der Waals surface area contributed by atoms with Gasteiger partial charge in [-0.1, -0.05) is 47.7 Å². The Hall–Kier alpha value is -2.00. The fourth-order valence-corrected chi connectivity index (χ4v) is 4.22. The van der Waals surface area contributed by atoms with Gasteiger partial charge < -0.3 is 19.5 Å². The second-order valence-electron chi connectivity index (χ2n) is 6.37. The van der Waals surface area contributed by atoms with E-state index in [9.17, 15) is 5.11 Å². The molecule has 2 aromatic carbocycles. The van der Waals surface area contributed by atoms with Crippen LogP contribution in [0.15, 0.2) is 42.5 Å². The van der Waals surface area contributed by atoms with Crippen molar-refractivity contribution in [1.29, 1.82) is 0 Å². The zero-order chi connectivity index (χ0) is 18.6. The van der Waals surface area contributed by atoms with Gasteiger partial charge in [-0.25, -0.2) is 4.68 Å². The minimum atomic E-state index is -0.699. The minimum absolute atomic E-state index is 0.181. The van der Waals surface area contributed by atoms with E-state index >= 15 is 0 Å². The Balaban J connectivity index is 1.40. The monoisotopic (exact) mass is 403 g/mol. The molecule has 1 aromatic heterocycles. The highest BCUT2D eigenvalue weighted by molar-refractivity contribution is 7.73.